The van der Waals surface area contributed by atoms with Gasteiger partial charge in [-0.2, -0.15) is 0 Å². The highest BCUT2D eigenvalue weighted by Gasteiger charge is 2.10. The van der Waals surface area contributed by atoms with Crippen molar-refractivity contribution in [1.29, 1.82) is 0 Å². The van der Waals surface area contributed by atoms with Crippen LogP contribution in [0.1, 0.15) is 35.8 Å². The van der Waals surface area contributed by atoms with Crippen molar-refractivity contribution < 1.29 is 4.79 Å². The first-order valence-electron chi connectivity index (χ1n) is 5.11. The number of carbonyl (C=O) groups excluding carboxylic acids is 1. The molecule has 0 unspecified atom stereocenters. The predicted octanol–water partition coefficient (Wildman–Crippen LogP) is 3.15. The van der Waals surface area contributed by atoms with Crippen molar-refractivity contribution in [2.24, 2.45) is 5.73 Å². The number of H-pyrrole nitrogens is 1. The third kappa shape index (κ3) is 1.85. The van der Waals surface area contributed by atoms with Crippen LogP contribution in [0.25, 0.3) is 10.9 Å². The summed E-state index contributed by atoms with van der Waals surface area (Å²) in [5.41, 5.74) is 7.84. The van der Waals surface area contributed by atoms with Crippen LogP contribution in [0.15, 0.2) is 22.7 Å². The average Bonchev–Trinajstić information content (AvgIpc) is 2.61. The Kier molecular flexibility index (Phi) is 2.76. The highest BCUT2D eigenvalue weighted by atomic mass is 79.9. The van der Waals surface area contributed by atoms with Crippen LogP contribution in [0.4, 0.5) is 0 Å². The normalized spacial score (nSPS) is 11.2. The van der Waals surface area contributed by atoms with Crippen molar-refractivity contribution in [2.45, 2.75) is 19.8 Å². The summed E-state index contributed by atoms with van der Waals surface area (Å²) in [5, 5.41) is 0.984. The van der Waals surface area contributed by atoms with Gasteiger partial charge in [-0.25, -0.2) is 0 Å². The van der Waals surface area contributed by atoms with Crippen molar-refractivity contribution in [3.05, 3.63) is 33.9 Å². The monoisotopic (exact) mass is 280 g/mol. The second kappa shape index (κ2) is 3.94. The number of nitrogens with two attached hydrogens (primary N) is 1. The van der Waals surface area contributed by atoms with Crippen LogP contribution in [0.2, 0.25) is 0 Å². The molecule has 1 aromatic carbocycles. The Morgan fingerprint density at radius 2 is 2.06 bits per heavy atom. The van der Waals surface area contributed by atoms with Gasteiger partial charge >= 0.3 is 0 Å². The second-order valence-corrected chi connectivity index (χ2v) is 5.02. The summed E-state index contributed by atoms with van der Waals surface area (Å²) in [6, 6.07) is 5.90. The van der Waals surface area contributed by atoms with Gasteiger partial charge in [-0.3, -0.25) is 4.79 Å². The van der Waals surface area contributed by atoms with Gasteiger partial charge in [0, 0.05) is 15.4 Å². The Morgan fingerprint density at radius 1 is 1.38 bits per heavy atom. The lowest BCUT2D eigenvalue weighted by molar-refractivity contribution is 0.0996. The Bertz CT molecular complexity index is 557. The maximum absolute atomic E-state index is 11.1. The number of carbonyl (C=O) groups is 1. The molecule has 16 heavy (non-hydrogen) atoms. The van der Waals surface area contributed by atoms with E-state index in [1.807, 2.05) is 0 Å². The average molecular weight is 281 g/mol. The minimum atomic E-state index is -0.436. The number of fused-ring (bicyclic) bond motifs is 1. The quantitative estimate of drug-likeness (QED) is 0.872. The topological polar surface area (TPSA) is 58.9 Å². The molecular formula is C12H13BrN2O. The third-order valence-electron chi connectivity index (χ3n) is 2.64. The molecule has 0 radical (unpaired) electrons. The summed E-state index contributed by atoms with van der Waals surface area (Å²) in [5.74, 6) is 0.00947. The number of aromatic nitrogens is 1. The molecule has 0 fully saturated rings. The minimum Gasteiger partial charge on any atom is -0.364 e. The number of rotatable bonds is 2. The van der Waals surface area contributed by atoms with Crippen LogP contribution in [0.5, 0.6) is 0 Å². The molecule has 3 nitrogen and oxygen atoms in total. The number of halogens is 1. The van der Waals surface area contributed by atoms with Gasteiger partial charge in [-0.1, -0.05) is 29.8 Å². The van der Waals surface area contributed by atoms with Gasteiger partial charge in [-0.05, 0) is 29.7 Å². The van der Waals surface area contributed by atoms with E-state index in [-0.39, 0.29) is 0 Å². The van der Waals surface area contributed by atoms with E-state index in [1.54, 1.807) is 6.07 Å². The van der Waals surface area contributed by atoms with Crippen molar-refractivity contribution in [2.75, 3.05) is 0 Å². The second-order valence-electron chi connectivity index (χ2n) is 4.17. The van der Waals surface area contributed by atoms with Crippen LogP contribution in [-0.4, -0.2) is 10.9 Å². The fourth-order valence-corrected chi connectivity index (χ4v) is 2.27. The summed E-state index contributed by atoms with van der Waals surface area (Å²) < 4.78 is 0.984. The summed E-state index contributed by atoms with van der Waals surface area (Å²) >= 11 is 3.51. The molecule has 4 heteroatoms. The molecule has 0 bridgehead atoms. The third-order valence-corrected chi connectivity index (χ3v) is 3.30. The van der Waals surface area contributed by atoms with Gasteiger partial charge in [0.05, 0.1) is 0 Å². The van der Waals surface area contributed by atoms with Crippen LogP contribution in [0, 0.1) is 0 Å². The zero-order valence-electron chi connectivity index (χ0n) is 9.17. The molecule has 0 aliphatic rings. The Morgan fingerprint density at radius 3 is 2.62 bits per heavy atom. The van der Waals surface area contributed by atoms with Crippen LogP contribution in [0.3, 0.4) is 0 Å². The Hall–Kier alpha value is -1.29. The molecule has 0 saturated heterocycles. The lowest BCUT2D eigenvalue weighted by Gasteiger charge is -2.06. The molecule has 0 spiro atoms. The summed E-state index contributed by atoms with van der Waals surface area (Å²) in [6.07, 6.45) is 0. The molecule has 0 aliphatic carbocycles. The van der Waals surface area contributed by atoms with Gasteiger partial charge in [0.1, 0.15) is 5.69 Å². The van der Waals surface area contributed by atoms with Crippen LogP contribution in [-0.2, 0) is 0 Å². The zero-order chi connectivity index (χ0) is 11.9. The fraction of sp³-hybridized carbons (Fsp3) is 0.250. The van der Waals surface area contributed by atoms with Gasteiger partial charge in [0.25, 0.3) is 5.91 Å². The van der Waals surface area contributed by atoms with Gasteiger partial charge in [0.15, 0.2) is 0 Å². The number of nitrogens with one attached hydrogen (secondary N) is 1. The largest absolute Gasteiger partial charge is 0.364 e. The molecule has 0 saturated carbocycles. The molecule has 0 aliphatic heterocycles. The molecule has 1 aromatic heterocycles. The summed E-state index contributed by atoms with van der Waals surface area (Å²) in [7, 11) is 0. The number of amides is 1. The van der Waals surface area contributed by atoms with E-state index in [0.29, 0.717) is 11.6 Å². The van der Waals surface area contributed by atoms with Gasteiger partial charge < -0.3 is 10.7 Å². The SMILES string of the molecule is CC(C)c1cc(Br)c2cc(C(N)=O)[nH]c2c1. The molecule has 0 atom stereocenters. The number of aromatic amines is 1. The lowest BCUT2D eigenvalue weighted by Crippen LogP contribution is -2.10. The lowest BCUT2D eigenvalue weighted by atomic mass is 10.0. The van der Waals surface area contributed by atoms with Crippen molar-refractivity contribution in [3.63, 3.8) is 0 Å². The van der Waals surface area contributed by atoms with Crippen molar-refractivity contribution in [3.8, 4) is 0 Å². The minimum absolute atomic E-state index is 0.436. The maximum Gasteiger partial charge on any atom is 0.265 e. The summed E-state index contributed by atoms with van der Waals surface area (Å²) in [4.78, 5) is 14.1. The Labute approximate surface area is 102 Å². The van der Waals surface area contributed by atoms with E-state index in [9.17, 15) is 4.79 Å². The van der Waals surface area contributed by atoms with E-state index < -0.39 is 5.91 Å². The molecule has 84 valence electrons. The van der Waals surface area contributed by atoms with Crippen LogP contribution < -0.4 is 5.73 Å². The molecule has 1 heterocycles. The number of primary amides is 1. The molecular weight excluding hydrogens is 268 g/mol. The Balaban J connectivity index is 2.68. The van der Waals surface area contributed by atoms with E-state index in [1.165, 1.54) is 5.56 Å². The number of hydrogen-bond donors (Lipinski definition) is 2. The molecule has 3 N–H and O–H groups in total. The van der Waals surface area contributed by atoms with E-state index in [2.05, 4.69) is 46.9 Å². The number of hydrogen-bond acceptors (Lipinski definition) is 1. The van der Waals surface area contributed by atoms with Crippen LogP contribution >= 0.6 is 15.9 Å². The molecule has 1 amide bonds. The van der Waals surface area contributed by atoms with Crippen molar-refractivity contribution >= 4 is 32.7 Å². The van der Waals surface area contributed by atoms with Gasteiger partial charge in [-0.15, -0.1) is 0 Å². The fourth-order valence-electron chi connectivity index (χ4n) is 1.68. The standard InChI is InChI=1S/C12H13BrN2O/c1-6(2)7-3-9(13)8-5-11(12(14)16)15-10(8)4-7/h3-6,15H,1-2H3,(H2,14,16). The first kappa shape index (κ1) is 11.2. The molecule has 2 aromatic rings. The molecule has 2 rings (SSSR count). The smallest absolute Gasteiger partial charge is 0.265 e. The maximum atomic E-state index is 11.1. The van der Waals surface area contributed by atoms with E-state index >= 15 is 0 Å². The zero-order valence-corrected chi connectivity index (χ0v) is 10.8. The first-order chi connectivity index (χ1) is 7.49. The predicted molar refractivity (Wildman–Crippen MR) is 68.6 cm³/mol. The summed E-state index contributed by atoms with van der Waals surface area (Å²) in [6.45, 7) is 4.26. The van der Waals surface area contributed by atoms with E-state index in [0.717, 1.165) is 15.4 Å². The highest BCUT2D eigenvalue weighted by molar-refractivity contribution is 9.10. The van der Waals surface area contributed by atoms with Crippen molar-refractivity contribution in [1.82, 2.24) is 4.98 Å². The van der Waals surface area contributed by atoms with E-state index in [4.69, 9.17) is 5.73 Å². The first-order valence-corrected chi connectivity index (χ1v) is 5.90. The van der Waals surface area contributed by atoms with Gasteiger partial charge in [0.2, 0.25) is 0 Å². The number of benzene rings is 1. The highest BCUT2D eigenvalue weighted by Crippen LogP contribution is 2.29.